The van der Waals surface area contributed by atoms with Gasteiger partial charge in [-0.25, -0.2) is 4.39 Å². The van der Waals surface area contributed by atoms with E-state index in [1.165, 1.54) is 36.4 Å². The Labute approximate surface area is 165 Å². The van der Waals surface area contributed by atoms with Crippen LogP contribution in [0, 0.1) is 15.9 Å². The van der Waals surface area contributed by atoms with E-state index in [4.69, 9.17) is 9.47 Å². The molecule has 7 heteroatoms. The van der Waals surface area contributed by atoms with Crippen molar-refractivity contribution >= 4 is 17.5 Å². The highest BCUT2D eigenvalue weighted by atomic mass is 19.1. The monoisotopic (exact) mass is 391 g/mol. The first-order valence-corrected chi connectivity index (χ1v) is 8.70. The molecule has 0 spiro atoms. The highest BCUT2D eigenvalue weighted by Crippen LogP contribution is 2.34. The van der Waals surface area contributed by atoms with Crippen LogP contribution >= 0.6 is 0 Å². The van der Waals surface area contributed by atoms with Crippen LogP contribution in [0.5, 0.6) is 17.2 Å². The molecule has 0 N–H and O–H groups in total. The van der Waals surface area contributed by atoms with Crippen LogP contribution in [0.3, 0.4) is 0 Å². The molecule has 0 bridgehead atoms. The Balaban J connectivity index is 1.65. The first-order valence-electron chi connectivity index (χ1n) is 8.70. The zero-order valence-electron chi connectivity index (χ0n) is 15.0. The molecule has 6 nitrogen and oxygen atoms in total. The average Bonchev–Trinajstić information content (AvgIpc) is 2.73. The molecule has 3 aromatic rings. The van der Waals surface area contributed by atoms with Crippen LogP contribution in [-0.2, 0) is 0 Å². The van der Waals surface area contributed by atoms with E-state index in [1.54, 1.807) is 36.4 Å². The van der Waals surface area contributed by atoms with E-state index in [9.17, 15) is 19.3 Å². The summed E-state index contributed by atoms with van der Waals surface area (Å²) in [7, 11) is 0. The van der Waals surface area contributed by atoms with E-state index in [2.05, 4.69) is 0 Å². The molecule has 0 fully saturated rings. The van der Waals surface area contributed by atoms with Crippen LogP contribution in [0.4, 0.5) is 10.1 Å². The number of ketones is 1. The largest absolute Gasteiger partial charge is 0.488 e. The quantitative estimate of drug-likeness (QED) is 0.348. The number of fused-ring (bicyclic) bond motifs is 1. The Morgan fingerprint density at radius 1 is 1.07 bits per heavy atom. The first-order chi connectivity index (χ1) is 14.0. The lowest BCUT2D eigenvalue weighted by atomic mass is 9.98. The van der Waals surface area contributed by atoms with E-state index in [0.717, 1.165) is 0 Å². The number of nitro benzene ring substituents is 1. The number of nitrogens with zero attached hydrogens (tertiary/aromatic N) is 1. The fourth-order valence-corrected chi connectivity index (χ4v) is 2.97. The minimum atomic E-state index is -0.574. The highest BCUT2D eigenvalue weighted by molar-refractivity contribution is 6.14. The normalized spacial score (nSPS) is 14.2. The maximum atomic E-state index is 13.0. The summed E-state index contributed by atoms with van der Waals surface area (Å²) in [5.41, 5.74) is 1.05. The Hall–Kier alpha value is -4.00. The van der Waals surface area contributed by atoms with Crippen molar-refractivity contribution in [1.82, 2.24) is 0 Å². The summed E-state index contributed by atoms with van der Waals surface area (Å²) in [6.45, 7) is 0.0808. The van der Waals surface area contributed by atoms with Crippen molar-refractivity contribution in [2.45, 2.75) is 0 Å². The number of hydrogen-bond donors (Lipinski definition) is 0. The van der Waals surface area contributed by atoms with Gasteiger partial charge in [0.15, 0.2) is 5.78 Å². The number of ether oxygens (including phenoxy) is 2. The van der Waals surface area contributed by atoms with Crippen molar-refractivity contribution in [3.8, 4) is 17.2 Å². The van der Waals surface area contributed by atoms with E-state index >= 15 is 0 Å². The molecule has 144 valence electrons. The summed E-state index contributed by atoms with van der Waals surface area (Å²) in [6, 6.07) is 16.4. The van der Waals surface area contributed by atoms with Gasteiger partial charge in [0.25, 0.3) is 0 Å². The molecule has 0 amide bonds. The summed E-state index contributed by atoms with van der Waals surface area (Å²) in [4.78, 5) is 23.6. The van der Waals surface area contributed by atoms with Crippen LogP contribution in [0.1, 0.15) is 15.9 Å². The number of rotatable bonds is 4. The molecule has 1 aliphatic rings. The number of hydrogen-bond acceptors (Lipinski definition) is 5. The number of halogens is 1. The van der Waals surface area contributed by atoms with Gasteiger partial charge in [0, 0.05) is 11.6 Å². The third kappa shape index (κ3) is 3.84. The number of carbonyl (C=O) groups is 1. The molecule has 0 aromatic heterocycles. The second-order valence-corrected chi connectivity index (χ2v) is 6.32. The molecular weight excluding hydrogens is 377 g/mol. The van der Waals surface area contributed by atoms with E-state index in [0.29, 0.717) is 22.4 Å². The van der Waals surface area contributed by atoms with Gasteiger partial charge in [-0.15, -0.1) is 0 Å². The van der Waals surface area contributed by atoms with Gasteiger partial charge in [0.1, 0.15) is 23.9 Å². The molecule has 0 saturated carbocycles. The molecule has 0 saturated heterocycles. The van der Waals surface area contributed by atoms with Crippen molar-refractivity contribution in [1.29, 1.82) is 0 Å². The molecule has 1 aliphatic heterocycles. The Kier molecular flexibility index (Phi) is 4.78. The maximum Gasteiger partial charge on any atom is 0.312 e. The van der Waals surface area contributed by atoms with Gasteiger partial charge in [-0.1, -0.05) is 18.2 Å². The van der Waals surface area contributed by atoms with Crippen molar-refractivity contribution in [2.24, 2.45) is 0 Å². The molecular formula is C22H14FNO5. The molecule has 1 heterocycles. The molecule has 0 radical (unpaired) electrons. The van der Waals surface area contributed by atoms with E-state index < -0.39 is 10.7 Å². The van der Waals surface area contributed by atoms with Crippen molar-refractivity contribution in [3.05, 3.63) is 99.4 Å². The van der Waals surface area contributed by atoms with Gasteiger partial charge in [-0.2, -0.15) is 0 Å². The SMILES string of the molecule is O=C1C(=Cc2ccc(Oc3ccc(F)cc3)c([N+](=O)[O-])c2)COc2ccccc21. The minimum Gasteiger partial charge on any atom is -0.488 e. The fourth-order valence-electron chi connectivity index (χ4n) is 2.97. The van der Waals surface area contributed by atoms with Crippen molar-refractivity contribution in [3.63, 3.8) is 0 Å². The number of nitro groups is 1. The van der Waals surface area contributed by atoms with Crippen molar-refractivity contribution in [2.75, 3.05) is 6.61 Å². The van der Waals surface area contributed by atoms with E-state index in [1.807, 2.05) is 0 Å². The van der Waals surface area contributed by atoms with Gasteiger partial charge in [-0.3, -0.25) is 14.9 Å². The summed E-state index contributed by atoms with van der Waals surface area (Å²) < 4.78 is 24.1. The predicted molar refractivity (Wildman–Crippen MR) is 104 cm³/mol. The summed E-state index contributed by atoms with van der Waals surface area (Å²) in [6.07, 6.45) is 1.56. The highest BCUT2D eigenvalue weighted by Gasteiger charge is 2.23. The van der Waals surface area contributed by atoms with Crippen LogP contribution in [0.15, 0.2) is 72.3 Å². The Morgan fingerprint density at radius 3 is 2.59 bits per heavy atom. The number of benzene rings is 3. The molecule has 0 unspecified atom stereocenters. The minimum absolute atomic E-state index is 0.0142. The topological polar surface area (TPSA) is 78.7 Å². The van der Waals surface area contributed by atoms with Gasteiger partial charge in [0.2, 0.25) is 5.75 Å². The molecule has 0 aliphatic carbocycles. The standard InChI is InChI=1S/C22H14FNO5/c23-16-6-8-17(9-7-16)29-21-10-5-14(12-19(21)24(26)27)11-15-13-28-20-4-2-1-3-18(20)22(15)25/h1-12H,13H2. The maximum absolute atomic E-state index is 13.0. The fraction of sp³-hybridized carbons (Fsp3) is 0.0455. The summed E-state index contributed by atoms with van der Waals surface area (Å²) >= 11 is 0. The number of Topliss-reactive ketones (excluding diaryl/α,β-unsaturated/α-hetero) is 1. The first kappa shape index (κ1) is 18.4. The lowest BCUT2D eigenvalue weighted by molar-refractivity contribution is -0.385. The summed E-state index contributed by atoms with van der Waals surface area (Å²) in [5.74, 6) is 0.188. The Bertz CT molecular complexity index is 1140. The molecule has 0 atom stereocenters. The lowest BCUT2D eigenvalue weighted by Crippen LogP contribution is -2.18. The van der Waals surface area contributed by atoms with Gasteiger partial charge in [0.05, 0.1) is 10.5 Å². The van der Waals surface area contributed by atoms with Crippen LogP contribution in [0.25, 0.3) is 6.08 Å². The van der Waals surface area contributed by atoms with Crippen LogP contribution in [-0.4, -0.2) is 17.3 Å². The van der Waals surface area contributed by atoms with Gasteiger partial charge in [-0.05, 0) is 54.1 Å². The Morgan fingerprint density at radius 2 is 1.83 bits per heavy atom. The molecule has 4 rings (SSSR count). The second-order valence-electron chi connectivity index (χ2n) is 6.32. The third-order valence-electron chi connectivity index (χ3n) is 4.37. The van der Waals surface area contributed by atoms with Crippen molar-refractivity contribution < 1.29 is 23.6 Å². The smallest absolute Gasteiger partial charge is 0.312 e. The van der Waals surface area contributed by atoms with Crippen LogP contribution in [0.2, 0.25) is 0 Å². The van der Waals surface area contributed by atoms with Gasteiger partial charge < -0.3 is 9.47 Å². The second kappa shape index (κ2) is 7.55. The third-order valence-corrected chi connectivity index (χ3v) is 4.37. The average molecular weight is 391 g/mol. The number of carbonyl (C=O) groups excluding carboxylic acids is 1. The molecule has 3 aromatic carbocycles. The zero-order chi connectivity index (χ0) is 20.4. The summed E-state index contributed by atoms with van der Waals surface area (Å²) in [5, 5.41) is 11.5. The lowest BCUT2D eigenvalue weighted by Gasteiger charge is -2.18. The number of para-hydroxylation sites is 1. The van der Waals surface area contributed by atoms with Crippen LogP contribution < -0.4 is 9.47 Å². The van der Waals surface area contributed by atoms with Gasteiger partial charge >= 0.3 is 5.69 Å². The van der Waals surface area contributed by atoms with E-state index in [-0.39, 0.29) is 29.6 Å². The molecule has 29 heavy (non-hydrogen) atoms. The predicted octanol–water partition coefficient (Wildman–Crippen LogP) is 5.18. The zero-order valence-corrected chi connectivity index (χ0v) is 15.0.